The lowest BCUT2D eigenvalue weighted by molar-refractivity contribution is 0.682. The molecule has 0 aliphatic heterocycles. The molecule has 0 bridgehead atoms. The second-order valence-corrected chi connectivity index (χ2v) is 7.66. The van der Waals surface area contributed by atoms with E-state index in [2.05, 4.69) is 20.6 Å². The number of aliphatic imine (C=N–C) groups is 1. The summed E-state index contributed by atoms with van der Waals surface area (Å²) < 4.78 is 12.2. The van der Waals surface area contributed by atoms with E-state index in [1.54, 1.807) is 12.3 Å². The third kappa shape index (κ3) is 7.97. The van der Waals surface area contributed by atoms with Gasteiger partial charge in [0.25, 0.3) is 0 Å². The molecule has 2 N–H and O–H groups in total. The Morgan fingerprint density at radius 2 is 1.96 bits per heavy atom. The van der Waals surface area contributed by atoms with Gasteiger partial charge in [-0.1, -0.05) is 48.0 Å². The molecule has 2 aromatic rings. The fraction of sp³-hybridized carbons (Fsp3) is 0.368. The van der Waals surface area contributed by atoms with Crippen LogP contribution in [-0.4, -0.2) is 40.5 Å². The highest BCUT2D eigenvalue weighted by atomic mass is 35.5. The van der Waals surface area contributed by atoms with Gasteiger partial charge in [0.1, 0.15) is 5.15 Å². The Morgan fingerprint density at radius 3 is 2.65 bits per heavy atom. The molecule has 0 aliphatic carbocycles. The summed E-state index contributed by atoms with van der Waals surface area (Å²) in [7, 11) is -0.912. The molecule has 7 heteroatoms. The number of aromatic nitrogens is 1. The van der Waals surface area contributed by atoms with Crippen LogP contribution in [0, 0.1) is 0 Å². The van der Waals surface area contributed by atoms with Gasteiger partial charge in [-0.15, -0.1) is 0 Å². The van der Waals surface area contributed by atoms with Crippen LogP contribution in [0.3, 0.4) is 0 Å². The number of hydrogen-bond acceptors (Lipinski definition) is 3. The lowest BCUT2D eigenvalue weighted by Gasteiger charge is -2.11. The highest BCUT2D eigenvalue weighted by Gasteiger charge is 2.02. The standard InChI is InChI=1S/C19H25ClN4OS/c1-2-21-19(22-11-10-16-8-9-18(20)24-14-16)23-12-13-26(25)15-17-6-4-3-5-7-17/h3-9,14H,2,10-13,15H2,1H3,(H2,21,22,23). The number of pyridine rings is 1. The molecule has 0 fully saturated rings. The molecule has 0 saturated heterocycles. The molecule has 0 radical (unpaired) electrons. The number of halogens is 1. The minimum Gasteiger partial charge on any atom is -0.357 e. The Labute approximate surface area is 162 Å². The summed E-state index contributed by atoms with van der Waals surface area (Å²) in [5, 5.41) is 6.99. The number of benzene rings is 1. The zero-order valence-electron chi connectivity index (χ0n) is 15.0. The predicted molar refractivity (Wildman–Crippen MR) is 110 cm³/mol. The first-order valence-corrected chi connectivity index (χ1v) is 10.6. The SMILES string of the molecule is CCNC(=NCCS(=O)Cc1ccccc1)NCCc1ccc(Cl)nc1. The van der Waals surface area contributed by atoms with Crippen molar-refractivity contribution < 1.29 is 4.21 Å². The molecule has 0 amide bonds. The molecular weight excluding hydrogens is 368 g/mol. The molecule has 1 aromatic carbocycles. The zero-order chi connectivity index (χ0) is 18.6. The van der Waals surface area contributed by atoms with Crippen LogP contribution in [0.4, 0.5) is 0 Å². The second-order valence-electron chi connectivity index (χ2n) is 5.70. The van der Waals surface area contributed by atoms with Crippen LogP contribution in [0.5, 0.6) is 0 Å². The van der Waals surface area contributed by atoms with Gasteiger partial charge in [0.2, 0.25) is 0 Å². The number of guanidine groups is 1. The van der Waals surface area contributed by atoms with E-state index in [1.165, 1.54) is 0 Å². The molecule has 1 heterocycles. The van der Waals surface area contributed by atoms with Crippen molar-refractivity contribution >= 4 is 28.4 Å². The van der Waals surface area contributed by atoms with Crippen molar-refractivity contribution in [3.8, 4) is 0 Å². The zero-order valence-corrected chi connectivity index (χ0v) is 16.5. The maximum atomic E-state index is 12.2. The number of hydrogen-bond donors (Lipinski definition) is 2. The Bertz CT molecular complexity index is 707. The van der Waals surface area contributed by atoms with E-state index >= 15 is 0 Å². The van der Waals surface area contributed by atoms with Crippen molar-refractivity contribution in [3.63, 3.8) is 0 Å². The van der Waals surface area contributed by atoms with Crippen molar-refractivity contribution in [2.24, 2.45) is 4.99 Å². The summed E-state index contributed by atoms with van der Waals surface area (Å²) in [5.41, 5.74) is 2.21. The van der Waals surface area contributed by atoms with Gasteiger partial charge in [0, 0.05) is 41.6 Å². The first-order valence-electron chi connectivity index (χ1n) is 8.69. The van der Waals surface area contributed by atoms with Gasteiger partial charge < -0.3 is 10.6 Å². The van der Waals surface area contributed by atoms with Gasteiger partial charge in [-0.05, 0) is 30.5 Å². The van der Waals surface area contributed by atoms with Crippen molar-refractivity contribution in [3.05, 3.63) is 64.9 Å². The van der Waals surface area contributed by atoms with Gasteiger partial charge >= 0.3 is 0 Å². The van der Waals surface area contributed by atoms with Gasteiger partial charge in [-0.3, -0.25) is 9.20 Å². The summed E-state index contributed by atoms with van der Waals surface area (Å²) >= 11 is 5.79. The maximum absolute atomic E-state index is 12.2. The molecule has 0 spiro atoms. The average Bonchev–Trinajstić information content (AvgIpc) is 2.64. The van der Waals surface area contributed by atoms with Crippen molar-refractivity contribution in [1.29, 1.82) is 0 Å². The quantitative estimate of drug-likeness (QED) is 0.391. The Hall–Kier alpha value is -1.92. The van der Waals surface area contributed by atoms with Gasteiger partial charge in [0.05, 0.1) is 6.54 Å². The molecule has 1 aromatic heterocycles. The van der Waals surface area contributed by atoms with Crippen molar-refractivity contribution in [2.45, 2.75) is 19.1 Å². The average molecular weight is 393 g/mol. The van der Waals surface area contributed by atoms with Crippen molar-refractivity contribution in [2.75, 3.05) is 25.4 Å². The highest BCUT2D eigenvalue weighted by molar-refractivity contribution is 7.84. The van der Waals surface area contributed by atoms with Crippen LogP contribution in [0.1, 0.15) is 18.1 Å². The van der Waals surface area contributed by atoms with E-state index in [1.807, 2.05) is 43.3 Å². The smallest absolute Gasteiger partial charge is 0.191 e. The lowest BCUT2D eigenvalue weighted by atomic mass is 10.2. The number of nitrogens with zero attached hydrogens (tertiary/aromatic N) is 2. The summed E-state index contributed by atoms with van der Waals surface area (Å²) in [4.78, 5) is 8.58. The van der Waals surface area contributed by atoms with E-state index in [-0.39, 0.29) is 0 Å². The summed E-state index contributed by atoms with van der Waals surface area (Å²) in [6.45, 7) is 4.06. The fourth-order valence-electron chi connectivity index (χ4n) is 2.31. The second kappa shape index (κ2) is 11.6. The molecule has 2 rings (SSSR count). The molecule has 5 nitrogen and oxygen atoms in total. The Balaban J connectivity index is 1.74. The molecule has 26 heavy (non-hydrogen) atoms. The van der Waals surface area contributed by atoms with Crippen LogP contribution < -0.4 is 10.6 Å². The molecule has 140 valence electrons. The molecule has 0 saturated carbocycles. The van der Waals surface area contributed by atoms with E-state index in [4.69, 9.17) is 11.6 Å². The molecule has 0 aliphatic rings. The van der Waals surface area contributed by atoms with Crippen LogP contribution in [0.2, 0.25) is 5.15 Å². The monoisotopic (exact) mass is 392 g/mol. The molecular formula is C19H25ClN4OS. The normalized spacial score (nSPS) is 12.6. The Morgan fingerprint density at radius 1 is 1.15 bits per heavy atom. The summed E-state index contributed by atoms with van der Waals surface area (Å²) in [6, 6.07) is 13.6. The van der Waals surface area contributed by atoms with Crippen LogP contribution in [0.25, 0.3) is 0 Å². The highest BCUT2D eigenvalue weighted by Crippen LogP contribution is 2.05. The van der Waals surface area contributed by atoms with Crippen LogP contribution >= 0.6 is 11.6 Å². The minimum atomic E-state index is -0.912. The number of nitrogens with one attached hydrogen (secondary N) is 2. The van der Waals surface area contributed by atoms with E-state index < -0.39 is 10.8 Å². The number of rotatable bonds is 9. The van der Waals surface area contributed by atoms with Crippen molar-refractivity contribution in [1.82, 2.24) is 15.6 Å². The van der Waals surface area contributed by atoms with Gasteiger partial charge in [0.15, 0.2) is 5.96 Å². The Kier molecular flexibility index (Phi) is 9.14. The molecule has 1 atom stereocenters. The van der Waals surface area contributed by atoms with Gasteiger partial charge in [-0.2, -0.15) is 0 Å². The van der Waals surface area contributed by atoms with Gasteiger partial charge in [-0.25, -0.2) is 4.98 Å². The predicted octanol–water partition coefficient (Wildman–Crippen LogP) is 2.78. The summed E-state index contributed by atoms with van der Waals surface area (Å²) in [6.07, 6.45) is 2.61. The van der Waals surface area contributed by atoms with Crippen LogP contribution in [-0.2, 0) is 23.0 Å². The first-order chi connectivity index (χ1) is 12.7. The summed E-state index contributed by atoms with van der Waals surface area (Å²) in [5.74, 6) is 1.86. The van der Waals surface area contributed by atoms with E-state index in [0.29, 0.717) is 23.2 Å². The van der Waals surface area contributed by atoms with Crippen LogP contribution in [0.15, 0.2) is 53.7 Å². The van der Waals surface area contributed by atoms with E-state index in [9.17, 15) is 4.21 Å². The lowest BCUT2D eigenvalue weighted by Crippen LogP contribution is -2.38. The molecule has 1 unspecified atom stereocenters. The van der Waals surface area contributed by atoms with E-state index in [0.717, 1.165) is 36.6 Å². The topological polar surface area (TPSA) is 66.4 Å². The maximum Gasteiger partial charge on any atom is 0.191 e. The largest absolute Gasteiger partial charge is 0.357 e. The third-order valence-electron chi connectivity index (χ3n) is 3.60. The third-order valence-corrected chi connectivity index (χ3v) is 5.12. The first kappa shape index (κ1) is 20.4. The fourth-order valence-corrected chi connectivity index (χ4v) is 3.43. The minimum absolute atomic E-state index is 0.500.